The van der Waals surface area contributed by atoms with Crippen LogP contribution in [0.15, 0.2) is 41.6 Å². The fourth-order valence-corrected chi connectivity index (χ4v) is 2.89. The first-order valence-electron chi connectivity index (χ1n) is 6.30. The van der Waals surface area contributed by atoms with Crippen molar-refractivity contribution in [2.75, 3.05) is 13.2 Å². The Morgan fingerprint density at radius 3 is 2.65 bits per heavy atom. The van der Waals surface area contributed by atoms with Gasteiger partial charge in [0.05, 0.1) is 11.5 Å². The highest BCUT2D eigenvalue weighted by molar-refractivity contribution is 7.89. The van der Waals surface area contributed by atoms with Crippen LogP contribution in [0.5, 0.6) is 0 Å². The van der Waals surface area contributed by atoms with Crippen LogP contribution >= 0.6 is 0 Å². The molecule has 1 aromatic carbocycles. The molecule has 7 heteroatoms. The van der Waals surface area contributed by atoms with E-state index in [0.29, 0.717) is 6.61 Å². The maximum Gasteiger partial charge on any atom is 0.238 e. The molecule has 1 aliphatic heterocycles. The number of hydrogen-bond acceptors (Lipinski definition) is 4. The number of nitrogens with zero attached hydrogens (tertiary/aromatic N) is 2. The summed E-state index contributed by atoms with van der Waals surface area (Å²) in [6.07, 6.45) is 4.55. The van der Waals surface area contributed by atoms with Gasteiger partial charge in [-0.25, -0.2) is 18.5 Å². The summed E-state index contributed by atoms with van der Waals surface area (Å²) in [6.45, 7) is 1.42. The molecule has 3 rings (SSSR count). The second kappa shape index (κ2) is 5.01. The third-order valence-electron chi connectivity index (χ3n) is 3.41. The number of benzene rings is 1. The summed E-state index contributed by atoms with van der Waals surface area (Å²) >= 11 is 0. The predicted octanol–water partition coefficient (Wildman–Crippen LogP) is 1.02. The molecule has 1 unspecified atom stereocenters. The molecule has 0 saturated carbocycles. The van der Waals surface area contributed by atoms with Crippen molar-refractivity contribution in [3.63, 3.8) is 0 Å². The van der Waals surface area contributed by atoms with Crippen LogP contribution in [0.2, 0.25) is 0 Å². The molecule has 2 aromatic rings. The van der Waals surface area contributed by atoms with E-state index in [4.69, 9.17) is 9.88 Å². The van der Waals surface area contributed by atoms with Crippen LogP contribution in [0.25, 0.3) is 5.69 Å². The van der Waals surface area contributed by atoms with Gasteiger partial charge < -0.3 is 9.30 Å². The topological polar surface area (TPSA) is 87.2 Å². The minimum atomic E-state index is -3.66. The van der Waals surface area contributed by atoms with Crippen LogP contribution in [0.1, 0.15) is 18.2 Å². The van der Waals surface area contributed by atoms with Crippen LogP contribution in [0.4, 0.5) is 0 Å². The van der Waals surface area contributed by atoms with Gasteiger partial charge in [0.1, 0.15) is 5.82 Å². The second-order valence-electron chi connectivity index (χ2n) is 4.75. The Bertz CT molecular complexity index is 701. The van der Waals surface area contributed by atoms with Crippen LogP contribution < -0.4 is 5.14 Å². The standard InChI is InChI=1S/C13H15N3O3S/c14-20(17,18)12-3-1-11(2-4-12)16-7-6-15-13(16)10-5-8-19-9-10/h1-4,6-7,10H,5,8-9H2,(H2,14,17,18). The summed E-state index contributed by atoms with van der Waals surface area (Å²) in [6, 6.07) is 6.45. The van der Waals surface area contributed by atoms with Gasteiger partial charge in [-0.1, -0.05) is 0 Å². The number of hydrogen-bond donors (Lipinski definition) is 1. The molecule has 0 amide bonds. The Morgan fingerprint density at radius 2 is 2.05 bits per heavy atom. The van der Waals surface area contributed by atoms with Gasteiger partial charge in [0.2, 0.25) is 10.0 Å². The van der Waals surface area contributed by atoms with Gasteiger partial charge in [0.15, 0.2) is 0 Å². The molecule has 2 heterocycles. The zero-order valence-corrected chi connectivity index (χ0v) is 11.6. The number of ether oxygens (including phenoxy) is 1. The highest BCUT2D eigenvalue weighted by atomic mass is 32.2. The van der Waals surface area contributed by atoms with Gasteiger partial charge in [0.25, 0.3) is 0 Å². The zero-order chi connectivity index (χ0) is 14.2. The maximum absolute atomic E-state index is 11.2. The molecule has 0 radical (unpaired) electrons. The quantitative estimate of drug-likeness (QED) is 0.915. The summed E-state index contributed by atoms with van der Waals surface area (Å²) < 4.78 is 29.8. The van der Waals surface area contributed by atoms with Crippen molar-refractivity contribution in [2.24, 2.45) is 5.14 Å². The lowest BCUT2D eigenvalue weighted by Crippen LogP contribution is -2.12. The molecule has 0 spiro atoms. The molecule has 1 aromatic heterocycles. The number of primary sulfonamides is 1. The van der Waals surface area contributed by atoms with E-state index in [1.165, 1.54) is 12.1 Å². The van der Waals surface area contributed by atoms with Crippen molar-refractivity contribution in [1.82, 2.24) is 9.55 Å². The summed E-state index contributed by atoms with van der Waals surface area (Å²) in [5, 5.41) is 5.09. The number of sulfonamides is 1. The largest absolute Gasteiger partial charge is 0.381 e. The van der Waals surface area contributed by atoms with Gasteiger partial charge >= 0.3 is 0 Å². The lowest BCUT2D eigenvalue weighted by atomic mass is 10.1. The average molecular weight is 293 g/mol. The first-order valence-corrected chi connectivity index (χ1v) is 7.84. The van der Waals surface area contributed by atoms with Gasteiger partial charge in [-0.05, 0) is 30.7 Å². The minimum absolute atomic E-state index is 0.104. The van der Waals surface area contributed by atoms with E-state index < -0.39 is 10.0 Å². The Morgan fingerprint density at radius 1 is 1.30 bits per heavy atom. The Kier molecular flexibility index (Phi) is 3.33. The molecule has 0 aliphatic carbocycles. The van der Waals surface area contributed by atoms with Gasteiger partial charge in [-0.2, -0.15) is 0 Å². The number of imidazole rings is 1. The monoisotopic (exact) mass is 293 g/mol. The SMILES string of the molecule is NS(=O)(=O)c1ccc(-n2ccnc2C2CCOC2)cc1. The summed E-state index contributed by atoms with van der Waals surface area (Å²) in [7, 11) is -3.66. The highest BCUT2D eigenvalue weighted by Crippen LogP contribution is 2.26. The fraction of sp³-hybridized carbons (Fsp3) is 0.308. The predicted molar refractivity (Wildman–Crippen MR) is 73.1 cm³/mol. The molecular weight excluding hydrogens is 278 g/mol. The van der Waals surface area contributed by atoms with Crippen LogP contribution in [-0.2, 0) is 14.8 Å². The Hall–Kier alpha value is -1.70. The minimum Gasteiger partial charge on any atom is -0.381 e. The van der Waals surface area contributed by atoms with E-state index >= 15 is 0 Å². The lowest BCUT2D eigenvalue weighted by molar-refractivity contribution is 0.193. The van der Waals surface area contributed by atoms with E-state index in [1.54, 1.807) is 18.3 Å². The van der Waals surface area contributed by atoms with Crippen molar-refractivity contribution >= 4 is 10.0 Å². The smallest absolute Gasteiger partial charge is 0.238 e. The normalized spacial score (nSPS) is 19.4. The molecule has 106 valence electrons. The third kappa shape index (κ3) is 2.47. The fourth-order valence-electron chi connectivity index (χ4n) is 2.37. The van der Waals surface area contributed by atoms with Crippen LogP contribution in [0.3, 0.4) is 0 Å². The van der Waals surface area contributed by atoms with E-state index in [1.807, 2.05) is 10.8 Å². The molecule has 1 saturated heterocycles. The lowest BCUT2D eigenvalue weighted by Gasteiger charge is -2.12. The zero-order valence-electron chi connectivity index (χ0n) is 10.8. The summed E-state index contributed by atoms with van der Waals surface area (Å²) in [4.78, 5) is 4.49. The molecular formula is C13H15N3O3S. The Balaban J connectivity index is 1.95. The summed E-state index contributed by atoms with van der Waals surface area (Å²) in [5.74, 6) is 1.22. The van der Waals surface area contributed by atoms with Crippen molar-refractivity contribution in [3.8, 4) is 5.69 Å². The van der Waals surface area contributed by atoms with Crippen molar-refractivity contribution in [3.05, 3.63) is 42.5 Å². The van der Waals surface area contributed by atoms with Crippen LogP contribution in [-0.4, -0.2) is 31.2 Å². The maximum atomic E-state index is 11.2. The molecule has 1 fully saturated rings. The van der Waals surface area contributed by atoms with E-state index in [0.717, 1.165) is 24.5 Å². The molecule has 1 atom stereocenters. The first kappa shape index (κ1) is 13.3. The third-order valence-corrected chi connectivity index (χ3v) is 4.34. The molecule has 6 nitrogen and oxygen atoms in total. The average Bonchev–Trinajstić information content (AvgIpc) is 3.08. The van der Waals surface area contributed by atoms with Gasteiger partial charge in [0, 0.05) is 30.6 Å². The van der Waals surface area contributed by atoms with Crippen LogP contribution in [0, 0.1) is 0 Å². The first-order chi connectivity index (χ1) is 9.55. The van der Waals surface area contributed by atoms with Gasteiger partial charge in [-0.3, -0.25) is 0 Å². The van der Waals surface area contributed by atoms with Crippen molar-refractivity contribution < 1.29 is 13.2 Å². The number of nitrogens with two attached hydrogens (primary N) is 1. The van der Waals surface area contributed by atoms with E-state index in [2.05, 4.69) is 4.98 Å². The van der Waals surface area contributed by atoms with E-state index in [-0.39, 0.29) is 10.8 Å². The molecule has 1 aliphatic rings. The molecule has 2 N–H and O–H groups in total. The highest BCUT2D eigenvalue weighted by Gasteiger charge is 2.22. The number of rotatable bonds is 3. The number of aromatic nitrogens is 2. The van der Waals surface area contributed by atoms with Crippen molar-refractivity contribution in [2.45, 2.75) is 17.2 Å². The van der Waals surface area contributed by atoms with E-state index in [9.17, 15) is 8.42 Å². The Labute approximate surface area is 117 Å². The van der Waals surface area contributed by atoms with Crippen molar-refractivity contribution in [1.29, 1.82) is 0 Å². The van der Waals surface area contributed by atoms with Gasteiger partial charge in [-0.15, -0.1) is 0 Å². The molecule has 0 bridgehead atoms. The second-order valence-corrected chi connectivity index (χ2v) is 6.32. The summed E-state index contributed by atoms with van der Waals surface area (Å²) in [5.41, 5.74) is 0.858. The molecule has 20 heavy (non-hydrogen) atoms.